The molecular weight excluding hydrogens is 441 g/mol. The number of unbranched alkanes of at least 4 members (excludes halogenated alkanes) is 1. The topological polar surface area (TPSA) is 72.5 Å². The Hall–Kier alpha value is -1.45. The van der Waals surface area contributed by atoms with Crippen LogP contribution < -0.4 is 15.8 Å². The number of hydrogen-bond acceptors (Lipinski definition) is 3. The standard InChI is InChI=1S/C20H35NO.C6H4ClO2P/c1-19(2,3)14-16-9-10-17(15-20(4,5)6)18(13-16)22-12-8-7-11-21;7-5-1-3-6(4-2-5)10(8)9/h9-10,13H,7-8,11-12,14-15,21H2,1-6H3;1-4H/p+1. The molecule has 0 saturated carbocycles. The third kappa shape index (κ3) is 12.6. The van der Waals surface area contributed by atoms with Crippen molar-refractivity contribution in [3.63, 3.8) is 0 Å². The minimum Gasteiger partial charge on any atom is -0.493 e. The molecule has 0 fully saturated rings. The van der Waals surface area contributed by atoms with E-state index in [2.05, 4.69) is 59.7 Å². The van der Waals surface area contributed by atoms with E-state index >= 15 is 0 Å². The van der Waals surface area contributed by atoms with E-state index in [9.17, 15) is 4.57 Å². The summed E-state index contributed by atoms with van der Waals surface area (Å²) in [7, 11) is -2.22. The third-order valence-electron chi connectivity index (χ3n) is 4.49. The number of hydrogen-bond donors (Lipinski definition) is 2. The molecule has 6 heteroatoms. The van der Waals surface area contributed by atoms with Crippen LogP contribution in [0.2, 0.25) is 5.02 Å². The van der Waals surface area contributed by atoms with Gasteiger partial charge in [0.25, 0.3) is 0 Å². The van der Waals surface area contributed by atoms with E-state index < -0.39 is 8.03 Å². The molecule has 1 unspecified atom stereocenters. The Balaban J connectivity index is 0.000000425. The molecule has 0 aliphatic heterocycles. The van der Waals surface area contributed by atoms with Crippen molar-refractivity contribution in [2.75, 3.05) is 13.2 Å². The molecule has 178 valence electrons. The maximum absolute atomic E-state index is 10.4. The number of benzene rings is 2. The van der Waals surface area contributed by atoms with E-state index in [1.165, 1.54) is 23.3 Å². The van der Waals surface area contributed by atoms with Gasteiger partial charge >= 0.3 is 8.03 Å². The van der Waals surface area contributed by atoms with Crippen molar-refractivity contribution in [3.05, 3.63) is 58.6 Å². The van der Waals surface area contributed by atoms with Crippen LogP contribution in [0.3, 0.4) is 0 Å². The SMILES string of the molecule is CC(C)(C)Cc1ccc(CC(C)(C)C)c(OCCCCN)c1.O=[P+](O)c1ccc(Cl)cc1. The summed E-state index contributed by atoms with van der Waals surface area (Å²) in [6, 6.07) is 13.0. The van der Waals surface area contributed by atoms with Gasteiger partial charge < -0.3 is 10.5 Å². The molecule has 0 amide bonds. The summed E-state index contributed by atoms with van der Waals surface area (Å²) in [6.45, 7) is 15.1. The minimum absolute atomic E-state index is 0.265. The lowest BCUT2D eigenvalue weighted by atomic mass is 9.85. The molecular formula is C26H40ClNO3P+. The highest BCUT2D eigenvalue weighted by molar-refractivity contribution is 7.47. The molecule has 0 heterocycles. The molecule has 0 bridgehead atoms. The van der Waals surface area contributed by atoms with E-state index in [4.69, 9.17) is 27.0 Å². The predicted molar refractivity (Wildman–Crippen MR) is 137 cm³/mol. The van der Waals surface area contributed by atoms with Gasteiger partial charge in [-0.3, -0.25) is 0 Å². The quantitative estimate of drug-likeness (QED) is 0.326. The predicted octanol–water partition coefficient (Wildman–Crippen LogP) is 6.68. The molecule has 2 aromatic carbocycles. The second-order valence-corrected chi connectivity index (χ2v) is 12.0. The maximum atomic E-state index is 10.4. The molecule has 0 aliphatic rings. The van der Waals surface area contributed by atoms with Gasteiger partial charge in [0.1, 0.15) is 5.75 Å². The Kier molecular flexibility index (Phi) is 11.9. The summed E-state index contributed by atoms with van der Waals surface area (Å²) < 4.78 is 16.5. The Labute approximate surface area is 200 Å². The second-order valence-electron chi connectivity index (χ2n) is 10.5. The van der Waals surface area contributed by atoms with Crippen LogP contribution in [0.1, 0.15) is 65.5 Å². The van der Waals surface area contributed by atoms with Crippen molar-refractivity contribution in [2.45, 2.75) is 67.2 Å². The fraction of sp³-hybridized carbons (Fsp3) is 0.538. The molecule has 0 saturated heterocycles. The monoisotopic (exact) mass is 480 g/mol. The number of rotatable bonds is 8. The molecule has 0 radical (unpaired) electrons. The van der Waals surface area contributed by atoms with Crippen LogP contribution in [0.4, 0.5) is 0 Å². The van der Waals surface area contributed by atoms with Crippen LogP contribution in [0, 0.1) is 10.8 Å². The van der Waals surface area contributed by atoms with E-state index in [0.29, 0.717) is 15.7 Å². The third-order valence-corrected chi connectivity index (χ3v) is 5.48. The van der Waals surface area contributed by atoms with Gasteiger partial charge in [0.05, 0.1) is 6.61 Å². The van der Waals surface area contributed by atoms with Gasteiger partial charge in [0.2, 0.25) is 5.30 Å². The van der Waals surface area contributed by atoms with Crippen molar-refractivity contribution in [1.82, 2.24) is 0 Å². The van der Waals surface area contributed by atoms with Crippen molar-refractivity contribution in [2.24, 2.45) is 16.6 Å². The van der Waals surface area contributed by atoms with Gasteiger partial charge in [0, 0.05) is 5.02 Å². The maximum Gasteiger partial charge on any atom is 0.546 e. The molecule has 2 aromatic rings. The van der Waals surface area contributed by atoms with Gasteiger partial charge in [-0.05, 0) is 89.1 Å². The van der Waals surface area contributed by atoms with Crippen molar-refractivity contribution in [3.8, 4) is 5.75 Å². The fourth-order valence-electron chi connectivity index (χ4n) is 3.17. The number of ether oxygens (including phenoxy) is 1. The molecule has 0 aromatic heterocycles. The first-order chi connectivity index (χ1) is 14.8. The minimum atomic E-state index is -2.22. The first kappa shape index (κ1) is 28.6. The highest BCUT2D eigenvalue weighted by Gasteiger charge is 2.17. The van der Waals surface area contributed by atoms with Gasteiger partial charge in [-0.25, -0.2) is 0 Å². The number of halogens is 1. The summed E-state index contributed by atoms with van der Waals surface area (Å²) >= 11 is 5.54. The van der Waals surface area contributed by atoms with Crippen molar-refractivity contribution < 1.29 is 14.2 Å². The molecule has 3 N–H and O–H groups in total. The van der Waals surface area contributed by atoms with Crippen LogP contribution in [-0.2, 0) is 17.4 Å². The second kappa shape index (κ2) is 13.3. The highest BCUT2D eigenvalue weighted by atomic mass is 35.5. The van der Waals surface area contributed by atoms with Crippen LogP contribution in [-0.4, -0.2) is 18.0 Å². The lowest BCUT2D eigenvalue weighted by Crippen LogP contribution is -2.13. The van der Waals surface area contributed by atoms with Gasteiger partial charge in [-0.2, -0.15) is 4.89 Å². The summed E-state index contributed by atoms with van der Waals surface area (Å²) in [6.07, 6.45) is 4.15. The number of nitrogens with two attached hydrogens (primary N) is 1. The summed E-state index contributed by atoms with van der Waals surface area (Å²) in [4.78, 5) is 8.58. The molecule has 0 aliphatic carbocycles. The van der Waals surface area contributed by atoms with Gasteiger partial charge in [-0.15, -0.1) is 0 Å². The lowest BCUT2D eigenvalue weighted by Gasteiger charge is -2.23. The average Bonchev–Trinajstić information content (AvgIpc) is 2.66. The summed E-state index contributed by atoms with van der Waals surface area (Å²) in [5.41, 5.74) is 8.80. The zero-order chi connectivity index (χ0) is 24.4. The molecule has 32 heavy (non-hydrogen) atoms. The van der Waals surface area contributed by atoms with E-state index in [-0.39, 0.29) is 5.41 Å². The smallest absolute Gasteiger partial charge is 0.493 e. The Morgan fingerprint density at radius 3 is 2.03 bits per heavy atom. The molecule has 4 nitrogen and oxygen atoms in total. The zero-order valence-corrected chi connectivity index (χ0v) is 22.1. The average molecular weight is 481 g/mol. The normalized spacial score (nSPS) is 12.1. The Morgan fingerprint density at radius 2 is 1.53 bits per heavy atom. The van der Waals surface area contributed by atoms with Gasteiger partial charge in [0.15, 0.2) is 0 Å². The van der Waals surface area contributed by atoms with Crippen molar-refractivity contribution in [1.29, 1.82) is 0 Å². The summed E-state index contributed by atoms with van der Waals surface area (Å²) in [5.74, 6) is 1.06. The van der Waals surface area contributed by atoms with Crippen molar-refractivity contribution >= 4 is 24.9 Å². The van der Waals surface area contributed by atoms with Crippen LogP contribution in [0.15, 0.2) is 42.5 Å². The molecule has 0 spiro atoms. The zero-order valence-electron chi connectivity index (χ0n) is 20.5. The summed E-state index contributed by atoms with van der Waals surface area (Å²) in [5, 5.41) is 0.972. The largest absolute Gasteiger partial charge is 0.546 e. The highest BCUT2D eigenvalue weighted by Crippen LogP contribution is 2.31. The molecule has 2 rings (SSSR count). The van der Waals surface area contributed by atoms with Crippen LogP contribution in [0.5, 0.6) is 5.75 Å². The first-order valence-electron chi connectivity index (χ1n) is 11.2. The van der Waals surface area contributed by atoms with E-state index in [1.807, 2.05) is 0 Å². The van der Waals surface area contributed by atoms with E-state index in [1.54, 1.807) is 12.1 Å². The fourth-order valence-corrected chi connectivity index (χ4v) is 3.70. The first-order valence-corrected chi connectivity index (χ1v) is 12.8. The Morgan fingerprint density at radius 1 is 0.938 bits per heavy atom. The van der Waals surface area contributed by atoms with E-state index in [0.717, 1.165) is 44.6 Å². The van der Waals surface area contributed by atoms with Crippen LogP contribution >= 0.6 is 19.6 Å². The van der Waals surface area contributed by atoms with Gasteiger partial charge in [-0.1, -0.05) is 65.3 Å². The molecule has 1 atom stereocenters. The van der Waals surface area contributed by atoms with Crippen LogP contribution in [0.25, 0.3) is 0 Å². The lowest BCUT2D eigenvalue weighted by molar-refractivity contribution is 0.298. The Bertz CT molecular complexity index is 840.